The zero-order valence-corrected chi connectivity index (χ0v) is 13.3. The molecule has 0 saturated carbocycles. The van der Waals surface area contributed by atoms with Gasteiger partial charge in [-0.15, -0.1) is 0 Å². The maximum Gasteiger partial charge on any atom is 0.124 e. The fourth-order valence-corrected chi connectivity index (χ4v) is 2.69. The number of amidine groups is 1. The molecule has 0 heterocycles. The third-order valence-electron chi connectivity index (χ3n) is 3.76. The Kier molecular flexibility index (Phi) is 4.53. The Balaban J connectivity index is 2.44. The summed E-state index contributed by atoms with van der Waals surface area (Å²) in [5.74, 6) is 0.0724. The zero-order chi connectivity index (χ0) is 15.6. The first-order chi connectivity index (χ1) is 9.91. The summed E-state index contributed by atoms with van der Waals surface area (Å²) in [5, 5.41) is 8.50. The van der Waals surface area contributed by atoms with Crippen molar-refractivity contribution >= 4 is 23.1 Å². The van der Waals surface area contributed by atoms with Gasteiger partial charge in [0.05, 0.1) is 6.04 Å². The minimum atomic E-state index is 0.0724. The van der Waals surface area contributed by atoms with Crippen LogP contribution in [0.4, 0.5) is 5.69 Å². The predicted molar refractivity (Wildman–Crippen MR) is 90.5 cm³/mol. The highest BCUT2D eigenvalue weighted by Gasteiger charge is 2.18. The highest BCUT2D eigenvalue weighted by atomic mass is 35.5. The molecule has 0 aliphatic carbocycles. The number of nitrogens with one attached hydrogen (secondary N) is 1. The third-order valence-corrected chi connectivity index (χ3v) is 4.10. The minimum Gasteiger partial charge on any atom is -0.384 e. The monoisotopic (exact) mass is 301 g/mol. The number of anilines is 1. The van der Waals surface area contributed by atoms with Crippen molar-refractivity contribution in [1.29, 1.82) is 5.41 Å². The first-order valence-corrected chi connectivity index (χ1v) is 7.22. The SMILES string of the molecule is Cc1ccc(C(=N)N)c(N(C)C(C)c2ccccc2Cl)c1. The molecule has 21 heavy (non-hydrogen) atoms. The molecular formula is C17H20ClN3. The molecule has 2 aromatic carbocycles. The van der Waals surface area contributed by atoms with Crippen molar-refractivity contribution < 1.29 is 0 Å². The second-order valence-electron chi connectivity index (χ2n) is 5.24. The van der Waals surface area contributed by atoms with Crippen LogP contribution in [0.25, 0.3) is 0 Å². The molecule has 3 N–H and O–H groups in total. The Hall–Kier alpha value is -2.00. The average molecular weight is 302 g/mol. The molecule has 1 unspecified atom stereocenters. The summed E-state index contributed by atoms with van der Waals surface area (Å²) in [5.41, 5.74) is 9.57. The maximum atomic E-state index is 7.75. The van der Waals surface area contributed by atoms with Crippen molar-refractivity contribution in [2.75, 3.05) is 11.9 Å². The van der Waals surface area contributed by atoms with Gasteiger partial charge in [-0.1, -0.05) is 35.9 Å². The van der Waals surface area contributed by atoms with Crippen molar-refractivity contribution in [1.82, 2.24) is 0 Å². The summed E-state index contributed by atoms with van der Waals surface area (Å²) >= 11 is 6.29. The number of nitrogen functional groups attached to an aromatic ring is 1. The first-order valence-electron chi connectivity index (χ1n) is 6.84. The Morgan fingerprint density at radius 2 is 1.90 bits per heavy atom. The summed E-state index contributed by atoms with van der Waals surface area (Å²) in [7, 11) is 2.00. The van der Waals surface area contributed by atoms with E-state index in [-0.39, 0.29) is 11.9 Å². The molecule has 0 amide bonds. The third kappa shape index (κ3) is 3.19. The van der Waals surface area contributed by atoms with Crippen LogP contribution < -0.4 is 10.6 Å². The van der Waals surface area contributed by atoms with Crippen LogP contribution in [0.5, 0.6) is 0 Å². The van der Waals surface area contributed by atoms with Crippen molar-refractivity contribution in [3.63, 3.8) is 0 Å². The number of aryl methyl sites for hydroxylation is 1. The molecule has 2 rings (SSSR count). The van der Waals surface area contributed by atoms with Crippen LogP contribution in [0.2, 0.25) is 5.02 Å². The van der Waals surface area contributed by atoms with Gasteiger partial charge in [0.25, 0.3) is 0 Å². The summed E-state index contributed by atoms with van der Waals surface area (Å²) in [6.07, 6.45) is 0. The van der Waals surface area contributed by atoms with Gasteiger partial charge in [0, 0.05) is 23.3 Å². The molecule has 0 aliphatic rings. The molecule has 1 atom stereocenters. The summed E-state index contributed by atoms with van der Waals surface area (Å²) in [6.45, 7) is 4.12. The minimum absolute atomic E-state index is 0.0724. The van der Waals surface area contributed by atoms with E-state index in [4.69, 9.17) is 22.7 Å². The van der Waals surface area contributed by atoms with E-state index in [0.717, 1.165) is 27.4 Å². The van der Waals surface area contributed by atoms with E-state index in [1.54, 1.807) is 0 Å². The highest BCUT2D eigenvalue weighted by molar-refractivity contribution is 6.31. The van der Waals surface area contributed by atoms with E-state index in [1.807, 2.05) is 56.4 Å². The topological polar surface area (TPSA) is 53.1 Å². The largest absolute Gasteiger partial charge is 0.384 e. The molecule has 0 spiro atoms. The van der Waals surface area contributed by atoms with Crippen LogP contribution in [0.15, 0.2) is 42.5 Å². The molecule has 2 aromatic rings. The standard InChI is InChI=1S/C17H20ClN3/c1-11-8-9-14(17(19)20)16(10-11)21(3)12(2)13-6-4-5-7-15(13)18/h4-10,12H,1-3H3,(H3,19,20). The van der Waals surface area contributed by atoms with E-state index in [2.05, 4.69) is 11.8 Å². The second-order valence-corrected chi connectivity index (χ2v) is 5.65. The number of nitrogens with zero attached hydrogens (tertiary/aromatic N) is 1. The Bertz CT molecular complexity index is 667. The van der Waals surface area contributed by atoms with Crippen LogP contribution >= 0.6 is 11.6 Å². The first kappa shape index (κ1) is 15.4. The van der Waals surface area contributed by atoms with Gasteiger partial charge in [-0.25, -0.2) is 0 Å². The quantitative estimate of drug-likeness (QED) is 0.659. The van der Waals surface area contributed by atoms with E-state index >= 15 is 0 Å². The van der Waals surface area contributed by atoms with Crippen molar-refractivity contribution in [2.45, 2.75) is 19.9 Å². The summed E-state index contributed by atoms with van der Waals surface area (Å²) < 4.78 is 0. The number of halogens is 1. The van der Waals surface area contributed by atoms with Crippen molar-refractivity contribution in [3.05, 3.63) is 64.2 Å². The van der Waals surface area contributed by atoms with Gasteiger partial charge >= 0.3 is 0 Å². The summed E-state index contributed by atoms with van der Waals surface area (Å²) in [6, 6.07) is 13.8. The lowest BCUT2D eigenvalue weighted by atomic mass is 10.0. The number of rotatable bonds is 4. The molecule has 0 aliphatic heterocycles. The molecule has 0 saturated heterocycles. The lowest BCUT2D eigenvalue weighted by Crippen LogP contribution is -2.25. The normalized spacial score (nSPS) is 12.0. The fourth-order valence-electron chi connectivity index (χ4n) is 2.39. The maximum absolute atomic E-state index is 7.75. The molecular weight excluding hydrogens is 282 g/mol. The lowest BCUT2D eigenvalue weighted by molar-refractivity contribution is 0.739. The predicted octanol–water partition coefficient (Wildman–Crippen LogP) is 4.13. The molecule has 0 aromatic heterocycles. The van der Waals surface area contributed by atoms with Crippen LogP contribution in [-0.2, 0) is 0 Å². The van der Waals surface area contributed by atoms with Crippen molar-refractivity contribution in [3.8, 4) is 0 Å². The van der Waals surface area contributed by atoms with Gasteiger partial charge in [0.1, 0.15) is 5.84 Å². The van der Waals surface area contributed by atoms with Crippen LogP contribution in [-0.4, -0.2) is 12.9 Å². The zero-order valence-electron chi connectivity index (χ0n) is 12.5. The molecule has 4 heteroatoms. The smallest absolute Gasteiger partial charge is 0.124 e. The van der Waals surface area contributed by atoms with Gasteiger partial charge in [-0.3, -0.25) is 5.41 Å². The van der Waals surface area contributed by atoms with E-state index in [9.17, 15) is 0 Å². The molecule has 3 nitrogen and oxygen atoms in total. The van der Waals surface area contributed by atoms with Gasteiger partial charge in [-0.2, -0.15) is 0 Å². The number of benzene rings is 2. The lowest BCUT2D eigenvalue weighted by Gasteiger charge is -2.30. The molecule has 0 radical (unpaired) electrons. The van der Waals surface area contributed by atoms with Crippen LogP contribution in [0.1, 0.15) is 29.7 Å². The Labute approximate surface area is 130 Å². The van der Waals surface area contributed by atoms with Gasteiger partial charge in [0.2, 0.25) is 0 Å². The van der Waals surface area contributed by atoms with Gasteiger partial charge in [0.15, 0.2) is 0 Å². The van der Waals surface area contributed by atoms with Crippen LogP contribution in [0, 0.1) is 12.3 Å². The van der Waals surface area contributed by atoms with Gasteiger partial charge in [-0.05, 0) is 43.2 Å². The van der Waals surface area contributed by atoms with Gasteiger partial charge < -0.3 is 10.6 Å². The Morgan fingerprint density at radius 3 is 2.52 bits per heavy atom. The number of hydrogen-bond donors (Lipinski definition) is 2. The summed E-state index contributed by atoms with van der Waals surface area (Å²) in [4.78, 5) is 2.10. The highest BCUT2D eigenvalue weighted by Crippen LogP contribution is 2.32. The van der Waals surface area contributed by atoms with E-state index in [0.29, 0.717) is 0 Å². The molecule has 110 valence electrons. The van der Waals surface area contributed by atoms with E-state index < -0.39 is 0 Å². The fraction of sp³-hybridized carbons (Fsp3) is 0.235. The molecule has 0 bridgehead atoms. The van der Waals surface area contributed by atoms with Crippen molar-refractivity contribution in [2.24, 2.45) is 5.73 Å². The van der Waals surface area contributed by atoms with E-state index in [1.165, 1.54) is 0 Å². The second kappa shape index (κ2) is 6.19. The Morgan fingerprint density at radius 1 is 1.24 bits per heavy atom. The average Bonchev–Trinajstić information content (AvgIpc) is 2.45. The number of hydrogen-bond acceptors (Lipinski definition) is 2. The number of nitrogens with two attached hydrogens (primary N) is 1. The van der Waals surface area contributed by atoms with Crippen LogP contribution in [0.3, 0.4) is 0 Å². The molecule has 0 fully saturated rings.